The summed E-state index contributed by atoms with van der Waals surface area (Å²) in [4.78, 5) is 29.4. The van der Waals surface area contributed by atoms with Crippen LogP contribution < -0.4 is 11.0 Å². The predicted molar refractivity (Wildman–Crippen MR) is 93.7 cm³/mol. The number of alkyl halides is 2. The molecule has 1 unspecified atom stereocenters. The van der Waals surface area contributed by atoms with Crippen LogP contribution in [0.1, 0.15) is 33.2 Å². The van der Waals surface area contributed by atoms with E-state index >= 15 is 0 Å². The highest BCUT2D eigenvalue weighted by molar-refractivity contribution is 7.16. The fraction of sp³-hybridized carbons (Fsp3) is 0.438. The predicted octanol–water partition coefficient (Wildman–Crippen LogP) is 1.68. The lowest BCUT2D eigenvalue weighted by atomic mass is 10.3. The van der Waals surface area contributed by atoms with Crippen molar-refractivity contribution in [2.24, 2.45) is 5.92 Å². The number of amides is 1. The Bertz CT molecular complexity index is 1100. The molecule has 1 atom stereocenters. The number of nitrogens with zero attached hydrogens (tertiary/aromatic N) is 5. The van der Waals surface area contributed by atoms with Crippen molar-refractivity contribution in [2.75, 3.05) is 0 Å². The van der Waals surface area contributed by atoms with Crippen LogP contribution in [0, 0.1) is 19.8 Å². The van der Waals surface area contributed by atoms with Crippen LogP contribution in [0.25, 0.3) is 5.13 Å². The molecule has 0 saturated heterocycles. The number of hydrogen-bond donors (Lipinski definition) is 1. The monoisotopic (exact) mass is 410 g/mol. The molecule has 3 aromatic heterocycles. The summed E-state index contributed by atoms with van der Waals surface area (Å²) in [7, 11) is 0. The summed E-state index contributed by atoms with van der Waals surface area (Å²) in [5.74, 6) is -3.32. The molecule has 1 fully saturated rings. The van der Waals surface area contributed by atoms with Gasteiger partial charge in [-0.2, -0.15) is 5.10 Å². The molecule has 12 heteroatoms. The quantitative estimate of drug-likeness (QED) is 0.663. The van der Waals surface area contributed by atoms with Crippen LogP contribution in [-0.4, -0.2) is 36.3 Å². The van der Waals surface area contributed by atoms with E-state index in [9.17, 15) is 18.4 Å². The molecule has 148 valence electrons. The lowest BCUT2D eigenvalue weighted by molar-refractivity contribution is 0.0936. The maximum Gasteiger partial charge on any atom is 0.352 e. The van der Waals surface area contributed by atoms with Gasteiger partial charge in [-0.15, -0.1) is 0 Å². The highest BCUT2D eigenvalue weighted by atomic mass is 32.1. The maximum absolute atomic E-state index is 13.1. The zero-order chi connectivity index (χ0) is 20.1. The zero-order valence-electron chi connectivity index (χ0n) is 15.0. The van der Waals surface area contributed by atoms with Gasteiger partial charge in [-0.1, -0.05) is 16.5 Å². The van der Waals surface area contributed by atoms with E-state index in [1.165, 1.54) is 6.33 Å². The van der Waals surface area contributed by atoms with Gasteiger partial charge in [0.1, 0.15) is 22.7 Å². The summed E-state index contributed by atoms with van der Waals surface area (Å²) in [5, 5.41) is 10.6. The fourth-order valence-electron chi connectivity index (χ4n) is 2.72. The number of carbonyl (C=O) groups excluding carboxylic acids is 1. The molecule has 9 nitrogen and oxygen atoms in total. The molecule has 1 aliphatic carbocycles. The van der Waals surface area contributed by atoms with E-state index in [4.69, 9.17) is 4.52 Å². The molecule has 0 radical (unpaired) electrons. The number of rotatable bonds is 6. The molecular formula is C16H16F2N6O3S. The van der Waals surface area contributed by atoms with Gasteiger partial charge in [-0.25, -0.2) is 27.8 Å². The van der Waals surface area contributed by atoms with Crippen LogP contribution in [-0.2, 0) is 13.1 Å². The highest BCUT2D eigenvalue weighted by Crippen LogP contribution is 2.49. The summed E-state index contributed by atoms with van der Waals surface area (Å²) >= 11 is 1.02. The minimum atomic E-state index is -2.73. The van der Waals surface area contributed by atoms with Crippen LogP contribution >= 0.6 is 11.3 Å². The highest BCUT2D eigenvalue weighted by Gasteiger charge is 2.57. The zero-order valence-corrected chi connectivity index (χ0v) is 15.8. The number of halogens is 2. The maximum atomic E-state index is 13.1. The van der Waals surface area contributed by atoms with Crippen molar-refractivity contribution in [3.8, 4) is 5.13 Å². The molecule has 0 aliphatic heterocycles. The number of hydrogen-bond acceptors (Lipinski definition) is 7. The third kappa shape index (κ3) is 3.46. The van der Waals surface area contributed by atoms with Gasteiger partial charge in [0, 0.05) is 18.4 Å². The second kappa shape index (κ2) is 6.62. The molecule has 3 aromatic rings. The second-order valence-corrected chi connectivity index (χ2v) is 7.63. The van der Waals surface area contributed by atoms with Gasteiger partial charge >= 0.3 is 5.69 Å². The molecule has 1 amide bonds. The number of aromatic nitrogens is 5. The first-order valence-corrected chi connectivity index (χ1v) is 9.27. The lowest BCUT2D eigenvalue weighted by Gasteiger charge is -2.00. The van der Waals surface area contributed by atoms with Crippen LogP contribution in [0.2, 0.25) is 0 Å². The van der Waals surface area contributed by atoms with Crippen LogP contribution in [0.5, 0.6) is 0 Å². The van der Waals surface area contributed by atoms with Gasteiger partial charge < -0.3 is 9.84 Å². The topological polar surface area (TPSA) is 108 Å². The van der Waals surface area contributed by atoms with E-state index in [-0.39, 0.29) is 30.5 Å². The van der Waals surface area contributed by atoms with E-state index in [2.05, 4.69) is 20.6 Å². The molecule has 3 heterocycles. The Kier molecular flexibility index (Phi) is 4.37. The Morgan fingerprint density at radius 2 is 2.21 bits per heavy atom. The first kappa shape index (κ1) is 18.5. The van der Waals surface area contributed by atoms with E-state index in [0.717, 1.165) is 20.6 Å². The summed E-state index contributed by atoms with van der Waals surface area (Å²) in [5.41, 5.74) is 0.464. The number of carbonyl (C=O) groups is 1. The van der Waals surface area contributed by atoms with Crippen molar-refractivity contribution in [2.45, 2.75) is 39.3 Å². The Hall–Kier alpha value is -2.89. The van der Waals surface area contributed by atoms with E-state index in [1.807, 2.05) is 0 Å². The Labute approximate surface area is 161 Å². The average Bonchev–Trinajstić information content (AvgIpc) is 3.04. The molecule has 1 saturated carbocycles. The standard InChI is InChI=1S/C16H16F2N6O3S/c1-8-3-11(22-27-8)5-19-13(25)12-9(2)21-14(28-12)23-7-20-24(15(23)26)6-10-4-16(10,17)18/h3,7,10H,4-6H2,1-2H3,(H,19,25). The van der Waals surface area contributed by atoms with Crippen molar-refractivity contribution in [3.63, 3.8) is 0 Å². The van der Waals surface area contributed by atoms with Crippen molar-refractivity contribution < 1.29 is 18.1 Å². The van der Waals surface area contributed by atoms with Crippen molar-refractivity contribution in [1.82, 2.24) is 29.8 Å². The number of aryl methyl sites for hydroxylation is 2. The Balaban J connectivity index is 1.49. The van der Waals surface area contributed by atoms with Crippen LogP contribution in [0.3, 0.4) is 0 Å². The number of nitrogens with one attached hydrogen (secondary N) is 1. The van der Waals surface area contributed by atoms with Crippen molar-refractivity contribution in [3.05, 3.63) is 44.9 Å². The molecule has 1 N–H and O–H groups in total. The molecule has 0 spiro atoms. The average molecular weight is 410 g/mol. The minimum absolute atomic E-state index is 0.145. The third-order valence-electron chi connectivity index (χ3n) is 4.39. The molecule has 1 aliphatic rings. The van der Waals surface area contributed by atoms with Crippen LogP contribution in [0.4, 0.5) is 8.78 Å². The smallest absolute Gasteiger partial charge is 0.352 e. The normalized spacial score (nSPS) is 17.6. The molecule has 0 bridgehead atoms. The second-order valence-electron chi connectivity index (χ2n) is 6.65. The first-order valence-electron chi connectivity index (χ1n) is 8.45. The first-order chi connectivity index (χ1) is 13.2. The molecule has 28 heavy (non-hydrogen) atoms. The molecular weight excluding hydrogens is 394 g/mol. The van der Waals surface area contributed by atoms with Gasteiger partial charge in [0.05, 0.1) is 18.8 Å². The largest absolute Gasteiger partial charge is 0.361 e. The SMILES string of the molecule is Cc1cc(CNC(=O)c2sc(-n3cnn(CC4CC4(F)F)c3=O)nc2C)no1. The van der Waals surface area contributed by atoms with Crippen molar-refractivity contribution >= 4 is 17.2 Å². The van der Waals surface area contributed by atoms with Gasteiger partial charge in [0.2, 0.25) is 0 Å². The molecule has 0 aromatic carbocycles. The minimum Gasteiger partial charge on any atom is -0.361 e. The summed E-state index contributed by atoms with van der Waals surface area (Å²) < 4.78 is 33.2. The number of thiazole rings is 1. The lowest BCUT2D eigenvalue weighted by Crippen LogP contribution is -2.25. The summed E-state index contributed by atoms with van der Waals surface area (Å²) in [6.07, 6.45) is 0.985. The van der Waals surface area contributed by atoms with Gasteiger partial charge in [0.25, 0.3) is 11.8 Å². The summed E-state index contributed by atoms with van der Waals surface area (Å²) in [6, 6.07) is 1.71. The third-order valence-corrected chi connectivity index (χ3v) is 5.54. The molecule has 4 rings (SSSR count). The fourth-order valence-corrected chi connectivity index (χ4v) is 3.67. The summed E-state index contributed by atoms with van der Waals surface area (Å²) in [6.45, 7) is 3.44. The van der Waals surface area contributed by atoms with E-state index in [1.54, 1.807) is 19.9 Å². The van der Waals surface area contributed by atoms with Crippen LogP contribution in [0.15, 0.2) is 21.7 Å². The Morgan fingerprint density at radius 3 is 2.86 bits per heavy atom. The van der Waals surface area contributed by atoms with Gasteiger partial charge in [0.15, 0.2) is 5.13 Å². The van der Waals surface area contributed by atoms with E-state index in [0.29, 0.717) is 22.0 Å². The van der Waals surface area contributed by atoms with Gasteiger partial charge in [-0.05, 0) is 13.8 Å². The van der Waals surface area contributed by atoms with Gasteiger partial charge in [-0.3, -0.25) is 4.79 Å². The van der Waals surface area contributed by atoms with Crippen molar-refractivity contribution in [1.29, 1.82) is 0 Å². The Morgan fingerprint density at radius 1 is 1.46 bits per heavy atom. The van der Waals surface area contributed by atoms with E-state index < -0.39 is 17.5 Å².